The van der Waals surface area contributed by atoms with Gasteiger partial charge in [-0.3, -0.25) is 0 Å². The summed E-state index contributed by atoms with van der Waals surface area (Å²) in [5, 5.41) is 1.67. The number of fused-ring (bicyclic) bond motifs is 1. The second kappa shape index (κ2) is 2.74. The normalized spacial score (nSPS) is 15.0. The van der Waals surface area contributed by atoms with Crippen molar-refractivity contribution in [2.75, 3.05) is 5.01 Å². The molecule has 5 heteroatoms. The smallest absolute Gasteiger partial charge is 0.225 e. The summed E-state index contributed by atoms with van der Waals surface area (Å²) in [6.07, 6.45) is 3.30. The van der Waals surface area contributed by atoms with Gasteiger partial charge in [0, 0.05) is 0 Å². The third-order valence-corrected chi connectivity index (χ3v) is 2.03. The summed E-state index contributed by atoms with van der Waals surface area (Å²) in [6.45, 7) is 0. The van der Waals surface area contributed by atoms with Crippen LogP contribution in [0.5, 0.6) is 0 Å². The summed E-state index contributed by atoms with van der Waals surface area (Å²) >= 11 is 0. The molecule has 5 nitrogen and oxygen atoms in total. The van der Waals surface area contributed by atoms with E-state index in [0.717, 1.165) is 11.0 Å². The van der Waals surface area contributed by atoms with Crippen molar-refractivity contribution in [2.45, 2.75) is 0 Å². The standard InChI is InChI=1S/C9H8N4O/c1-2-4-8-7(3-1)10-9(11-8)13-5-6-14-12-13/h1-6,12H,(H,10,11). The number of hydrogen-bond donors (Lipinski definition) is 2. The van der Waals surface area contributed by atoms with Gasteiger partial charge >= 0.3 is 0 Å². The number of para-hydroxylation sites is 2. The van der Waals surface area contributed by atoms with Crippen LogP contribution in [0.4, 0.5) is 5.95 Å². The summed E-state index contributed by atoms with van der Waals surface area (Å²) < 4.78 is 0. The number of H-pyrrole nitrogens is 1. The van der Waals surface area contributed by atoms with Crippen molar-refractivity contribution < 1.29 is 4.84 Å². The van der Waals surface area contributed by atoms with Crippen LogP contribution in [0, 0.1) is 0 Å². The highest BCUT2D eigenvalue weighted by Gasteiger charge is 2.11. The van der Waals surface area contributed by atoms with Gasteiger partial charge in [-0.05, 0) is 12.1 Å². The summed E-state index contributed by atoms with van der Waals surface area (Å²) in [7, 11) is 0. The minimum absolute atomic E-state index is 0.708. The second-order valence-electron chi connectivity index (χ2n) is 2.94. The molecule has 0 fully saturated rings. The van der Waals surface area contributed by atoms with Crippen LogP contribution in [0.1, 0.15) is 0 Å². The maximum absolute atomic E-state index is 4.84. The number of nitrogens with zero attached hydrogens (tertiary/aromatic N) is 2. The Morgan fingerprint density at radius 3 is 3.00 bits per heavy atom. The van der Waals surface area contributed by atoms with E-state index in [1.54, 1.807) is 17.5 Å². The molecule has 2 N–H and O–H groups in total. The molecule has 1 aromatic heterocycles. The van der Waals surface area contributed by atoms with Crippen LogP contribution < -0.4 is 10.6 Å². The monoisotopic (exact) mass is 188 g/mol. The van der Waals surface area contributed by atoms with Gasteiger partial charge in [-0.2, -0.15) is 0 Å². The molecule has 2 heterocycles. The molecule has 0 spiro atoms. The zero-order valence-corrected chi connectivity index (χ0v) is 7.27. The molecule has 1 aliphatic rings. The molecule has 0 amide bonds. The zero-order chi connectivity index (χ0) is 9.38. The van der Waals surface area contributed by atoms with Gasteiger partial charge in [0.15, 0.2) is 0 Å². The van der Waals surface area contributed by atoms with Crippen LogP contribution in [0.2, 0.25) is 0 Å². The van der Waals surface area contributed by atoms with E-state index in [2.05, 4.69) is 15.6 Å². The Bertz CT molecular complexity index is 457. The highest BCUT2D eigenvalue weighted by molar-refractivity contribution is 5.77. The Hall–Kier alpha value is -2.01. The first-order chi connectivity index (χ1) is 6.93. The Morgan fingerprint density at radius 1 is 1.29 bits per heavy atom. The van der Waals surface area contributed by atoms with Gasteiger partial charge in [0.1, 0.15) is 6.26 Å². The molecule has 0 unspecified atom stereocenters. The van der Waals surface area contributed by atoms with Gasteiger partial charge in [-0.1, -0.05) is 17.7 Å². The quantitative estimate of drug-likeness (QED) is 0.708. The minimum Gasteiger partial charge on any atom is -0.395 e. The van der Waals surface area contributed by atoms with E-state index >= 15 is 0 Å². The molecule has 0 radical (unpaired) electrons. The molecule has 0 bridgehead atoms. The fraction of sp³-hybridized carbons (Fsp3) is 0. The molecule has 2 aromatic rings. The first-order valence-corrected chi connectivity index (χ1v) is 4.25. The topological polar surface area (TPSA) is 53.2 Å². The lowest BCUT2D eigenvalue weighted by Crippen LogP contribution is -2.27. The summed E-state index contributed by atoms with van der Waals surface area (Å²) in [5.74, 6) is 0.708. The number of aromatic nitrogens is 2. The van der Waals surface area contributed by atoms with Crippen LogP contribution in [-0.4, -0.2) is 9.97 Å². The van der Waals surface area contributed by atoms with Crippen molar-refractivity contribution in [1.29, 1.82) is 0 Å². The van der Waals surface area contributed by atoms with Gasteiger partial charge in [-0.25, -0.2) is 9.99 Å². The van der Waals surface area contributed by atoms with Gasteiger partial charge in [0.05, 0.1) is 17.2 Å². The molecule has 0 saturated heterocycles. The molecule has 0 atom stereocenters. The average molecular weight is 188 g/mol. The van der Waals surface area contributed by atoms with E-state index in [1.165, 1.54) is 0 Å². The lowest BCUT2D eigenvalue weighted by atomic mass is 10.3. The Kier molecular flexibility index (Phi) is 1.45. The number of anilines is 1. The number of hydrogen-bond acceptors (Lipinski definition) is 4. The number of nitrogens with one attached hydrogen (secondary N) is 2. The number of rotatable bonds is 1. The maximum Gasteiger partial charge on any atom is 0.225 e. The van der Waals surface area contributed by atoms with E-state index in [1.807, 2.05) is 24.3 Å². The van der Waals surface area contributed by atoms with Crippen molar-refractivity contribution in [2.24, 2.45) is 0 Å². The van der Waals surface area contributed by atoms with Crippen molar-refractivity contribution in [3.05, 3.63) is 36.7 Å². The molecular weight excluding hydrogens is 180 g/mol. The summed E-state index contributed by atoms with van der Waals surface area (Å²) in [4.78, 5) is 12.4. The van der Waals surface area contributed by atoms with Crippen LogP contribution in [0.15, 0.2) is 36.7 Å². The van der Waals surface area contributed by atoms with E-state index < -0.39 is 0 Å². The Balaban J connectivity index is 2.09. The fourth-order valence-corrected chi connectivity index (χ4v) is 1.38. The number of aromatic amines is 1. The lowest BCUT2D eigenvalue weighted by molar-refractivity contribution is 0.158. The van der Waals surface area contributed by atoms with Gasteiger partial charge in [-0.15, -0.1) is 0 Å². The SMILES string of the molecule is C1=CN(c2nc3ccccc3[nH]2)NO1. The Labute approximate surface area is 79.9 Å². The van der Waals surface area contributed by atoms with Gasteiger partial charge in [0.2, 0.25) is 5.95 Å². The third-order valence-electron chi connectivity index (χ3n) is 2.03. The highest BCUT2D eigenvalue weighted by atomic mass is 16.7. The van der Waals surface area contributed by atoms with E-state index in [9.17, 15) is 0 Å². The van der Waals surface area contributed by atoms with E-state index in [0.29, 0.717) is 5.95 Å². The number of imidazole rings is 1. The molecule has 70 valence electrons. The first-order valence-electron chi connectivity index (χ1n) is 4.25. The van der Waals surface area contributed by atoms with E-state index in [-0.39, 0.29) is 0 Å². The number of benzene rings is 1. The maximum atomic E-state index is 4.84. The predicted molar refractivity (Wildman–Crippen MR) is 51.9 cm³/mol. The Morgan fingerprint density at radius 2 is 2.21 bits per heavy atom. The van der Waals surface area contributed by atoms with Crippen molar-refractivity contribution in [3.8, 4) is 0 Å². The van der Waals surface area contributed by atoms with E-state index in [4.69, 9.17) is 4.84 Å². The van der Waals surface area contributed by atoms with Crippen LogP contribution in [0.3, 0.4) is 0 Å². The summed E-state index contributed by atoms with van der Waals surface area (Å²) in [5.41, 5.74) is 4.60. The molecule has 3 rings (SSSR count). The zero-order valence-electron chi connectivity index (χ0n) is 7.27. The van der Waals surface area contributed by atoms with Crippen LogP contribution in [-0.2, 0) is 4.84 Å². The molecular formula is C9H8N4O. The first kappa shape index (κ1) is 7.40. The molecule has 1 aromatic carbocycles. The van der Waals surface area contributed by atoms with Gasteiger partial charge in [0.25, 0.3) is 0 Å². The predicted octanol–water partition coefficient (Wildman–Crippen LogP) is 1.29. The largest absolute Gasteiger partial charge is 0.395 e. The summed E-state index contributed by atoms with van der Waals surface area (Å²) in [6, 6.07) is 7.85. The second-order valence-corrected chi connectivity index (χ2v) is 2.94. The van der Waals surface area contributed by atoms with Gasteiger partial charge < -0.3 is 9.82 Å². The molecule has 0 aliphatic carbocycles. The van der Waals surface area contributed by atoms with Crippen molar-refractivity contribution >= 4 is 17.0 Å². The molecule has 14 heavy (non-hydrogen) atoms. The van der Waals surface area contributed by atoms with Crippen molar-refractivity contribution in [3.63, 3.8) is 0 Å². The van der Waals surface area contributed by atoms with Crippen LogP contribution >= 0.6 is 0 Å². The fourth-order valence-electron chi connectivity index (χ4n) is 1.38. The lowest BCUT2D eigenvalue weighted by Gasteiger charge is -2.08. The highest BCUT2D eigenvalue weighted by Crippen LogP contribution is 2.16. The average Bonchev–Trinajstić information content (AvgIpc) is 2.86. The van der Waals surface area contributed by atoms with Crippen molar-refractivity contribution in [1.82, 2.24) is 15.6 Å². The molecule has 1 aliphatic heterocycles. The molecule has 0 saturated carbocycles. The number of hydrazine groups is 1. The minimum atomic E-state index is 0.708. The van der Waals surface area contributed by atoms with Crippen LogP contribution in [0.25, 0.3) is 11.0 Å². The third kappa shape index (κ3) is 1.03.